The molecule has 1 amide bonds. The van der Waals surface area contributed by atoms with Crippen molar-refractivity contribution in [3.05, 3.63) is 93.1 Å². The summed E-state index contributed by atoms with van der Waals surface area (Å²) in [5.41, 5.74) is 4.13. The summed E-state index contributed by atoms with van der Waals surface area (Å²) >= 11 is 18.7. The van der Waals surface area contributed by atoms with Crippen LogP contribution in [0, 0.1) is 6.92 Å². The molecule has 5 aromatic rings. The second kappa shape index (κ2) is 8.60. The number of fused-ring (bicyclic) bond motifs is 1. The molecule has 0 bridgehead atoms. The van der Waals surface area contributed by atoms with Crippen molar-refractivity contribution in [3.63, 3.8) is 0 Å². The Kier molecular flexibility index (Phi) is 5.62. The summed E-state index contributed by atoms with van der Waals surface area (Å²) in [4.78, 5) is 17.3. The van der Waals surface area contributed by atoms with Crippen LogP contribution in [0.3, 0.4) is 0 Å². The van der Waals surface area contributed by atoms with Crippen LogP contribution in [0.5, 0.6) is 0 Å². The predicted octanol–water partition coefficient (Wildman–Crippen LogP) is 8.28. The number of nitrogens with zero attached hydrogens (tertiary/aromatic N) is 1. The third-order valence-electron chi connectivity index (χ3n) is 5.05. The van der Waals surface area contributed by atoms with Gasteiger partial charge in [0.2, 0.25) is 5.89 Å². The molecule has 0 radical (unpaired) electrons. The normalized spacial score (nSPS) is 11.2. The van der Waals surface area contributed by atoms with Crippen LogP contribution in [0.25, 0.3) is 33.9 Å². The zero-order valence-electron chi connectivity index (χ0n) is 17.2. The zero-order valence-corrected chi connectivity index (χ0v) is 19.4. The number of amides is 1. The van der Waals surface area contributed by atoms with E-state index in [0.29, 0.717) is 49.1 Å². The van der Waals surface area contributed by atoms with E-state index in [2.05, 4.69) is 10.3 Å². The number of carbonyl (C=O) groups is 1. The van der Waals surface area contributed by atoms with Crippen molar-refractivity contribution in [1.29, 1.82) is 0 Å². The van der Waals surface area contributed by atoms with Crippen LogP contribution >= 0.6 is 34.8 Å². The molecule has 2 aromatic heterocycles. The molecule has 0 aliphatic rings. The number of halogens is 3. The smallest absolute Gasteiger partial charge is 0.291 e. The number of hydrogen-bond acceptors (Lipinski definition) is 4. The van der Waals surface area contributed by atoms with Crippen LogP contribution in [0.15, 0.2) is 75.6 Å². The van der Waals surface area contributed by atoms with Gasteiger partial charge < -0.3 is 14.2 Å². The zero-order chi connectivity index (χ0) is 23.1. The topological polar surface area (TPSA) is 68.3 Å². The van der Waals surface area contributed by atoms with E-state index in [1.54, 1.807) is 48.5 Å². The standard InChI is InChI=1S/C25H15Cl3N2O3/c1-13-5-8-19-22(11-13)33-25(30-19)16-12-14(6-7-17(16)26)29-24(31)21-10-9-20(32-21)15-3-2-4-18(27)23(15)28/h2-12H,1H3,(H,29,31). The number of carbonyl (C=O) groups excluding carboxylic acids is 1. The van der Waals surface area contributed by atoms with Gasteiger partial charge in [0.15, 0.2) is 11.3 Å². The number of furan rings is 1. The minimum absolute atomic E-state index is 0.120. The Morgan fingerprint density at radius 1 is 0.879 bits per heavy atom. The molecule has 8 heteroatoms. The van der Waals surface area contributed by atoms with Gasteiger partial charge in [0, 0.05) is 11.3 Å². The fraction of sp³-hybridized carbons (Fsp3) is 0.0400. The molecule has 0 atom stereocenters. The van der Waals surface area contributed by atoms with Gasteiger partial charge in [-0.25, -0.2) is 4.98 Å². The van der Waals surface area contributed by atoms with E-state index in [0.717, 1.165) is 11.1 Å². The quantitative estimate of drug-likeness (QED) is 0.271. The van der Waals surface area contributed by atoms with Gasteiger partial charge in [-0.15, -0.1) is 0 Å². The Labute approximate surface area is 203 Å². The number of nitrogens with one attached hydrogen (secondary N) is 1. The fourth-order valence-corrected chi connectivity index (χ4v) is 4.00. The van der Waals surface area contributed by atoms with Gasteiger partial charge >= 0.3 is 0 Å². The average Bonchev–Trinajstić information content (AvgIpc) is 3.44. The largest absolute Gasteiger partial charge is 0.451 e. The Hall–Kier alpha value is -3.25. The lowest BCUT2D eigenvalue weighted by Gasteiger charge is -2.07. The van der Waals surface area contributed by atoms with Crippen molar-refractivity contribution in [1.82, 2.24) is 4.98 Å². The highest BCUT2D eigenvalue weighted by molar-refractivity contribution is 6.43. The Balaban J connectivity index is 1.41. The number of benzene rings is 3. The van der Waals surface area contributed by atoms with Gasteiger partial charge in [-0.05, 0) is 67.1 Å². The molecule has 3 aromatic carbocycles. The lowest BCUT2D eigenvalue weighted by Crippen LogP contribution is -2.10. The van der Waals surface area contributed by atoms with Crippen molar-refractivity contribution in [3.8, 4) is 22.8 Å². The highest BCUT2D eigenvalue weighted by atomic mass is 35.5. The van der Waals surface area contributed by atoms with Crippen molar-refractivity contribution < 1.29 is 13.6 Å². The monoisotopic (exact) mass is 496 g/mol. The molecule has 1 N–H and O–H groups in total. The number of hydrogen-bond donors (Lipinski definition) is 1. The average molecular weight is 498 g/mol. The summed E-state index contributed by atoms with van der Waals surface area (Å²) in [6.07, 6.45) is 0. The molecular formula is C25H15Cl3N2O3. The SMILES string of the molecule is Cc1ccc2nc(-c3cc(NC(=O)c4ccc(-c5cccc(Cl)c5Cl)o4)ccc3Cl)oc2c1. The molecule has 2 heterocycles. The predicted molar refractivity (Wildman–Crippen MR) is 131 cm³/mol. The molecule has 0 fully saturated rings. The lowest BCUT2D eigenvalue weighted by molar-refractivity contribution is 0.0997. The fourth-order valence-electron chi connectivity index (χ4n) is 3.41. The van der Waals surface area contributed by atoms with E-state index in [9.17, 15) is 4.79 Å². The Morgan fingerprint density at radius 2 is 1.73 bits per heavy atom. The first-order valence-electron chi connectivity index (χ1n) is 9.92. The molecule has 0 saturated heterocycles. The first kappa shape index (κ1) is 21.6. The number of aryl methyl sites for hydroxylation is 1. The van der Waals surface area contributed by atoms with Gasteiger partial charge in [-0.2, -0.15) is 0 Å². The van der Waals surface area contributed by atoms with E-state index in [4.69, 9.17) is 43.6 Å². The van der Waals surface area contributed by atoms with Gasteiger partial charge in [0.1, 0.15) is 11.3 Å². The maximum Gasteiger partial charge on any atom is 0.291 e. The Bertz CT molecular complexity index is 1520. The third-order valence-corrected chi connectivity index (χ3v) is 6.19. The molecule has 164 valence electrons. The number of rotatable bonds is 4. The summed E-state index contributed by atoms with van der Waals surface area (Å²) in [6.45, 7) is 1.98. The van der Waals surface area contributed by atoms with E-state index in [-0.39, 0.29) is 5.76 Å². The lowest BCUT2D eigenvalue weighted by atomic mass is 10.2. The molecule has 0 spiro atoms. The van der Waals surface area contributed by atoms with Crippen LogP contribution in [-0.2, 0) is 0 Å². The van der Waals surface area contributed by atoms with Gasteiger partial charge in [0.05, 0.1) is 20.6 Å². The van der Waals surface area contributed by atoms with E-state index in [1.807, 2.05) is 25.1 Å². The van der Waals surface area contributed by atoms with Gasteiger partial charge in [0.25, 0.3) is 5.91 Å². The highest BCUT2D eigenvalue weighted by Gasteiger charge is 2.17. The van der Waals surface area contributed by atoms with Crippen LogP contribution < -0.4 is 5.32 Å². The van der Waals surface area contributed by atoms with Crippen LogP contribution in [0.1, 0.15) is 16.1 Å². The summed E-state index contributed by atoms with van der Waals surface area (Å²) < 4.78 is 11.6. The molecule has 5 nitrogen and oxygen atoms in total. The summed E-state index contributed by atoms with van der Waals surface area (Å²) in [5, 5.41) is 4.02. The van der Waals surface area contributed by atoms with E-state index < -0.39 is 5.91 Å². The first-order chi connectivity index (χ1) is 15.9. The molecule has 0 saturated carbocycles. The maximum atomic E-state index is 12.8. The first-order valence-corrected chi connectivity index (χ1v) is 11.0. The molecule has 33 heavy (non-hydrogen) atoms. The minimum Gasteiger partial charge on any atom is -0.451 e. The van der Waals surface area contributed by atoms with E-state index >= 15 is 0 Å². The molecule has 0 aliphatic heterocycles. The Morgan fingerprint density at radius 3 is 2.58 bits per heavy atom. The number of anilines is 1. The third kappa shape index (κ3) is 4.23. The van der Waals surface area contributed by atoms with Crippen LogP contribution in [0.4, 0.5) is 5.69 Å². The second-order valence-corrected chi connectivity index (χ2v) is 8.60. The van der Waals surface area contributed by atoms with Crippen molar-refractivity contribution in [2.24, 2.45) is 0 Å². The van der Waals surface area contributed by atoms with Crippen molar-refractivity contribution >= 4 is 57.5 Å². The number of oxazole rings is 1. The number of aromatic nitrogens is 1. The van der Waals surface area contributed by atoms with Crippen molar-refractivity contribution in [2.75, 3.05) is 5.32 Å². The summed E-state index contributed by atoms with van der Waals surface area (Å²) in [6, 6.07) is 19.3. The van der Waals surface area contributed by atoms with Gasteiger partial charge in [-0.1, -0.05) is 46.9 Å². The molecular weight excluding hydrogens is 483 g/mol. The maximum absolute atomic E-state index is 12.8. The minimum atomic E-state index is -0.430. The highest BCUT2D eigenvalue weighted by Crippen LogP contribution is 2.35. The van der Waals surface area contributed by atoms with Crippen LogP contribution in [-0.4, -0.2) is 10.9 Å². The second-order valence-electron chi connectivity index (χ2n) is 7.40. The van der Waals surface area contributed by atoms with E-state index in [1.165, 1.54) is 0 Å². The van der Waals surface area contributed by atoms with Crippen molar-refractivity contribution in [2.45, 2.75) is 6.92 Å². The molecule has 0 aliphatic carbocycles. The molecule has 0 unspecified atom stereocenters. The summed E-state index contributed by atoms with van der Waals surface area (Å²) in [7, 11) is 0. The van der Waals surface area contributed by atoms with Crippen LogP contribution in [0.2, 0.25) is 15.1 Å². The molecule has 5 rings (SSSR count). The van der Waals surface area contributed by atoms with Gasteiger partial charge in [-0.3, -0.25) is 4.79 Å². The summed E-state index contributed by atoms with van der Waals surface area (Å²) in [5.74, 6) is 0.495.